The van der Waals surface area contributed by atoms with Gasteiger partial charge in [-0.1, -0.05) is 48.5 Å². The summed E-state index contributed by atoms with van der Waals surface area (Å²) in [5.74, 6) is 0.788. The smallest absolute Gasteiger partial charge is 0.182 e. The highest BCUT2D eigenvalue weighted by atomic mass is 16.1. The van der Waals surface area contributed by atoms with Crippen molar-refractivity contribution >= 4 is 16.7 Å². The number of hydrogen-bond acceptors (Lipinski definition) is 4. The Kier molecular flexibility index (Phi) is 3.63. The van der Waals surface area contributed by atoms with Crippen molar-refractivity contribution in [3.63, 3.8) is 0 Å². The van der Waals surface area contributed by atoms with Gasteiger partial charge in [-0.15, -0.1) is 5.10 Å². The second-order valence-electron chi connectivity index (χ2n) is 5.61. The molecule has 0 saturated carbocycles. The number of benzene rings is 2. The van der Waals surface area contributed by atoms with Gasteiger partial charge in [-0.2, -0.15) is 0 Å². The summed E-state index contributed by atoms with van der Waals surface area (Å²) in [6, 6.07) is 17.4. The number of carbonyl (C=O) groups is 1. The first-order chi connectivity index (χ1) is 11.8. The third-order valence-corrected chi connectivity index (χ3v) is 4.03. The zero-order chi connectivity index (χ0) is 16.4. The van der Waals surface area contributed by atoms with Crippen LogP contribution in [0.5, 0.6) is 0 Å². The molecule has 0 aliphatic heterocycles. The van der Waals surface area contributed by atoms with Gasteiger partial charge >= 0.3 is 0 Å². The van der Waals surface area contributed by atoms with Crippen molar-refractivity contribution in [2.24, 2.45) is 0 Å². The maximum atomic E-state index is 12.5. The van der Waals surface area contributed by atoms with Crippen molar-refractivity contribution in [1.29, 1.82) is 0 Å². The first kappa shape index (κ1) is 14.3. The molecular formula is C18H15N5O. The average Bonchev–Trinajstić information content (AvgIpc) is 3.25. The van der Waals surface area contributed by atoms with E-state index >= 15 is 0 Å². The minimum atomic E-state index is 0.0873. The fourth-order valence-electron chi connectivity index (χ4n) is 2.90. The van der Waals surface area contributed by atoms with E-state index in [0.29, 0.717) is 18.8 Å². The van der Waals surface area contributed by atoms with Crippen LogP contribution in [0.25, 0.3) is 10.9 Å². The molecule has 0 amide bonds. The van der Waals surface area contributed by atoms with Crippen LogP contribution in [-0.2, 0) is 13.0 Å². The number of nitrogens with one attached hydrogen (secondary N) is 1. The number of nitrogens with zero attached hydrogens (tertiary/aromatic N) is 4. The Balaban J connectivity index is 1.69. The number of aromatic nitrogens is 5. The predicted octanol–water partition coefficient (Wildman–Crippen LogP) is 2.63. The lowest BCUT2D eigenvalue weighted by molar-refractivity contribution is 0.0973. The predicted molar refractivity (Wildman–Crippen MR) is 89.7 cm³/mol. The van der Waals surface area contributed by atoms with Gasteiger partial charge in [0, 0.05) is 29.1 Å². The first-order valence-corrected chi connectivity index (χ1v) is 7.69. The highest BCUT2D eigenvalue weighted by molar-refractivity contribution is 5.97. The topological polar surface area (TPSA) is 76.5 Å². The van der Waals surface area contributed by atoms with Crippen molar-refractivity contribution in [2.75, 3.05) is 0 Å². The molecule has 2 aromatic carbocycles. The van der Waals surface area contributed by atoms with Crippen LogP contribution in [0.4, 0.5) is 0 Å². The van der Waals surface area contributed by atoms with Crippen LogP contribution < -0.4 is 0 Å². The van der Waals surface area contributed by atoms with E-state index in [1.54, 1.807) is 0 Å². The third kappa shape index (κ3) is 2.69. The Morgan fingerprint density at radius 3 is 2.62 bits per heavy atom. The average molecular weight is 317 g/mol. The number of carbonyl (C=O) groups excluding carboxylic acids is 1. The molecule has 0 spiro atoms. The van der Waals surface area contributed by atoms with Gasteiger partial charge < -0.3 is 4.57 Å². The lowest BCUT2D eigenvalue weighted by Gasteiger charge is -2.04. The fourth-order valence-corrected chi connectivity index (χ4v) is 2.90. The van der Waals surface area contributed by atoms with Crippen LogP contribution in [0.3, 0.4) is 0 Å². The van der Waals surface area contributed by atoms with E-state index in [1.807, 2.05) is 59.3 Å². The van der Waals surface area contributed by atoms with E-state index in [0.717, 1.165) is 22.0 Å². The van der Waals surface area contributed by atoms with Gasteiger partial charge in [0.05, 0.1) is 6.54 Å². The number of H-pyrrole nitrogens is 1. The van der Waals surface area contributed by atoms with Gasteiger partial charge in [0.15, 0.2) is 11.6 Å². The summed E-state index contributed by atoms with van der Waals surface area (Å²) in [5.41, 5.74) is 2.84. The molecule has 0 bridgehead atoms. The molecule has 0 unspecified atom stereocenters. The van der Waals surface area contributed by atoms with Gasteiger partial charge in [-0.3, -0.25) is 4.79 Å². The second kappa shape index (κ2) is 6.08. The minimum absolute atomic E-state index is 0.0873. The molecule has 4 rings (SSSR count). The van der Waals surface area contributed by atoms with E-state index in [9.17, 15) is 4.79 Å². The summed E-state index contributed by atoms with van der Waals surface area (Å²) < 4.78 is 1.99. The van der Waals surface area contributed by atoms with E-state index in [4.69, 9.17) is 0 Å². The van der Waals surface area contributed by atoms with Gasteiger partial charge in [-0.05, 0) is 22.1 Å². The van der Waals surface area contributed by atoms with Crippen LogP contribution in [-0.4, -0.2) is 31.0 Å². The molecule has 24 heavy (non-hydrogen) atoms. The van der Waals surface area contributed by atoms with E-state index in [1.165, 1.54) is 0 Å². The molecule has 2 aromatic heterocycles. The van der Waals surface area contributed by atoms with Crippen LogP contribution in [0.15, 0.2) is 60.8 Å². The Hall–Kier alpha value is -3.28. The summed E-state index contributed by atoms with van der Waals surface area (Å²) in [4.78, 5) is 12.5. The second-order valence-corrected chi connectivity index (χ2v) is 5.61. The van der Waals surface area contributed by atoms with Crippen LogP contribution in [0, 0.1) is 0 Å². The van der Waals surface area contributed by atoms with Crippen molar-refractivity contribution in [3.8, 4) is 0 Å². The van der Waals surface area contributed by atoms with Gasteiger partial charge in [0.1, 0.15) is 0 Å². The van der Waals surface area contributed by atoms with Crippen molar-refractivity contribution < 1.29 is 4.79 Å². The molecule has 1 N–H and O–H groups in total. The molecule has 0 radical (unpaired) electrons. The summed E-state index contributed by atoms with van der Waals surface area (Å²) in [7, 11) is 0. The maximum Gasteiger partial charge on any atom is 0.182 e. The monoisotopic (exact) mass is 317 g/mol. The highest BCUT2D eigenvalue weighted by Crippen LogP contribution is 2.23. The zero-order valence-corrected chi connectivity index (χ0v) is 12.9. The van der Waals surface area contributed by atoms with Crippen LogP contribution in [0.2, 0.25) is 0 Å². The Morgan fingerprint density at radius 2 is 1.83 bits per heavy atom. The zero-order valence-electron chi connectivity index (χ0n) is 12.9. The summed E-state index contributed by atoms with van der Waals surface area (Å²) in [6.07, 6.45) is 2.61. The molecule has 0 atom stereocenters. The quantitative estimate of drug-likeness (QED) is 0.574. The molecule has 0 aliphatic carbocycles. The first-order valence-electron chi connectivity index (χ1n) is 7.69. The lowest BCUT2D eigenvalue weighted by Crippen LogP contribution is -2.09. The highest BCUT2D eigenvalue weighted by Gasteiger charge is 2.13. The molecule has 0 saturated heterocycles. The molecule has 0 aliphatic rings. The van der Waals surface area contributed by atoms with Crippen molar-refractivity contribution in [3.05, 3.63) is 77.7 Å². The fraction of sp³-hybridized carbons (Fsp3) is 0.111. The number of para-hydroxylation sites is 1. The number of fused-ring (bicyclic) bond motifs is 1. The van der Waals surface area contributed by atoms with E-state index in [-0.39, 0.29) is 5.78 Å². The van der Waals surface area contributed by atoms with Crippen LogP contribution in [0.1, 0.15) is 21.7 Å². The van der Waals surface area contributed by atoms with Gasteiger partial charge in [-0.25, -0.2) is 5.10 Å². The normalized spacial score (nSPS) is 11.0. The molecule has 0 fully saturated rings. The maximum absolute atomic E-state index is 12.5. The van der Waals surface area contributed by atoms with Gasteiger partial charge in [0.25, 0.3) is 0 Å². The van der Waals surface area contributed by atoms with E-state index in [2.05, 4.69) is 26.7 Å². The number of Topliss-reactive ketones (excluding diaryl/α,β-unsaturated/α-hetero) is 1. The van der Waals surface area contributed by atoms with Gasteiger partial charge in [0.2, 0.25) is 0 Å². The standard InChI is InChI=1S/C18H15N5O/c24-17(13-6-2-1-3-7-13)12-23-11-14(10-18-19-21-22-20-18)15-8-4-5-9-16(15)23/h1-9,11H,10,12H2,(H,19,20,21,22). The Morgan fingerprint density at radius 1 is 1.04 bits per heavy atom. The van der Waals surface area contributed by atoms with Crippen molar-refractivity contribution in [1.82, 2.24) is 25.2 Å². The molecule has 4 aromatic rings. The molecule has 118 valence electrons. The lowest BCUT2D eigenvalue weighted by atomic mass is 10.1. The Labute approximate surface area is 138 Å². The number of tetrazole rings is 1. The molecule has 6 heteroatoms. The largest absolute Gasteiger partial charge is 0.339 e. The summed E-state index contributed by atoms with van der Waals surface area (Å²) >= 11 is 0. The number of aromatic amines is 1. The molecular weight excluding hydrogens is 302 g/mol. The Bertz CT molecular complexity index is 973. The molecule has 6 nitrogen and oxygen atoms in total. The summed E-state index contributed by atoms with van der Waals surface area (Å²) in [5, 5.41) is 15.1. The number of rotatable bonds is 5. The third-order valence-electron chi connectivity index (χ3n) is 4.03. The number of hydrogen-bond donors (Lipinski definition) is 1. The SMILES string of the molecule is O=C(Cn1cc(Cc2nnn[nH]2)c2ccccc21)c1ccccc1. The van der Waals surface area contributed by atoms with Crippen LogP contribution >= 0.6 is 0 Å². The number of ketones is 1. The summed E-state index contributed by atoms with van der Waals surface area (Å²) in [6.45, 7) is 0.305. The minimum Gasteiger partial charge on any atom is -0.339 e. The van der Waals surface area contributed by atoms with Crippen molar-refractivity contribution in [2.45, 2.75) is 13.0 Å². The van der Waals surface area contributed by atoms with E-state index < -0.39 is 0 Å². The molecule has 2 heterocycles.